The molecule has 3 aromatic rings. The second-order valence-corrected chi connectivity index (χ2v) is 6.65. The number of aromatic nitrogens is 2. The van der Waals surface area contributed by atoms with Gasteiger partial charge in [0.15, 0.2) is 0 Å². The van der Waals surface area contributed by atoms with Gasteiger partial charge in [-0.3, -0.25) is 24.0 Å². The smallest absolute Gasteiger partial charge is 0.306 e. The summed E-state index contributed by atoms with van der Waals surface area (Å²) in [5, 5.41) is 9.90. The van der Waals surface area contributed by atoms with Crippen LogP contribution in [-0.2, 0) is 32.8 Å². The molecule has 0 aliphatic rings. The van der Waals surface area contributed by atoms with Gasteiger partial charge in [0.2, 0.25) is 6.41 Å². The first kappa shape index (κ1) is 20.0. The minimum absolute atomic E-state index is 0.224. The molecule has 150 valence electrons. The molecule has 9 nitrogen and oxygen atoms in total. The number of rotatable bonds is 6. The highest BCUT2D eigenvalue weighted by atomic mass is 16.5. The number of nitrogens with zero attached hydrogens (tertiary/aromatic N) is 2. The molecule has 0 spiro atoms. The van der Waals surface area contributed by atoms with Crippen molar-refractivity contribution in [3.63, 3.8) is 0 Å². The normalized spacial score (nSPS) is 11.0. The number of pyridine rings is 2. The number of carbonyl (C=O) groups is 3. The van der Waals surface area contributed by atoms with E-state index < -0.39 is 17.5 Å². The molecule has 0 aliphatic heterocycles. The summed E-state index contributed by atoms with van der Waals surface area (Å²) in [6, 6.07) is 5.99. The molecule has 1 aromatic carbocycles. The molecule has 0 fully saturated rings. The molecule has 29 heavy (non-hydrogen) atoms. The monoisotopic (exact) mass is 398 g/mol. The van der Waals surface area contributed by atoms with Gasteiger partial charge < -0.3 is 14.4 Å². The van der Waals surface area contributed by atoms with Gasteiger partial charge in [-0.05, 0) is 24.6 Å². The van der Waals surface area contributed by atoms with Gasteiger partial charge in [-0.1, -0.05) is 0 Å². The average Bonchev–Trinajstić information content (AvgIpc) is 2.67. The Labute approximate surface area is 163 Å². The Hall–Kier alpha value is -3.75. The minimum Gasteiger partial charge on any atom is -0.481 e. The molecule has 0 aliphatic carbocycles. The highest BCUT2D eigenvalue weighted by Crippen LogP contribution is 2.26. The lowest BCUT2D eigenvalue weighted by Crippen LogP contribution is -2.22. The summed E-state index contributed by atoms with van der Waals surface area (Å²) in [4.78, 5) is 58.2. The number of benzene rings is 1. The summed E-state index contributed by atoms with van der Waals surface area (Å²) in [5.41, 5.74) is 1.09. The van der Waals surface area contributed by atoms with Crippen molar-refractivity contribution in [2.75, 3.05) is 0 Å². The van der Waals surface area contributed by atoms with Crippen LogP contribution in [0.5, 0.6) is 0 Å². The Bertz CT molecular complexity index is 1280. The molecule has 0 saturated carbocycles. The second-order valence-electron chi connectivity index (χ2n) is 6.65. The van der Waals surface area contributed by atoms with E-state index in [0.717, 1.165) is 15.5 Å². The molecular weight excluding hydrogens is 380 g/mol. The number of carboxylic acids is 1. The van der Waals surface area contributed by atoms with Crippen LogP contribution < -0.4 is 11.1 Å². The van der Waals surface area contributed by atoms with Gasteiger partial charge in [-0.2, -0.15) is 0 Å². The number of hydrogen-bond acceptors (Lipinski definition) is 6. The number of aryl methyl sites for hydroxylation is 2. The van der Waals surface area contributed by atoms with Gasteiger partial charge in [0, 0.05) is 35.5 Å². The highest BCUT2D eigenvalue weighted by molar-refractivity contribution is 5.99. The van der Waals surface area contributed by atoms with Gasteiger partial charge in [-0.25, -0.2) is 4.57 Å². The second kappa shape index (κ2) is 7.70. The fraction of sp³-hybridized carbons (Fsp3) is 0.250. The molecule has 0 unspecified atom stereocenters. The number of ether oxygens (including phenoxy) is 1. The van der Waals surface area contributed by atoms with Crippen molar-refractivity contribution >= 4 is 40.2 Å². The number of carboxylic acid groups (broad SMARTS) is 1. The third kappa shape index (κ3) is 3.79. The third-order valence-corrected chi connectivity index (χ3v) is 4.75. The third-order valence-electron chi connectivity index (χ3n) is 4.75. The lowest BCUT2D eigenvalue weighted by atomic mass is 10.0. The fourth-order valence-electron chi connectivity index (χ4n) is 3.19. The summed E-state index contributed by atoms with van der Waals surface area (Å²) in [6.07, 6.45) is -0.264. The number of carbonyl (C=O) groups excluding carboxylic acids is 2. The van der Waals surface area contributed by atoms with E-state index in [1.807, 2.05) is 0 Å². The standard InChI is InChI=1S/C20H18N2O7/c1-11-5-17(24)21(2)15-8-16-14(7-13(11)15)12(6-18(25)22(16)10-23)9-29-20(28)4-3-19(26)27/h5-8,10H,3-4,9H2,1-2H3,(H,26,27). The van der Waals surface area contributed by atoms with Crippen molar-refractivity contribution in [1.82, 2.24) is 9.13 Å². The van der Waals surface area contributed by atoms with E-state index in [2.05, 4.69) is 0 Å². The summed E-state index contributed by atoms with van der Waals surface area (Å²) < 4.78 is 7.44. The van der Waals surface area contributed by atoms with Crippen LogP contribution in [0.1, 0.15) is 24.0 Å². The first-order chi connectivity index (χ1) is 13.7. The molecule has 1 N–H and O–H groups in total. The largest absolute Gasteiger partial charge is 0.481 e. The zero-order valence-electron chi connectivity index (χ0n) is 15.8. The fourth-order valence-corrected chi connectivity index (χ4v) is 3.19. The Kier molecular flexibility index (Phi) is 5.31. The molecule has 0 amide bonds. The van der Waals surface area contributed by atoms with Crippen molar-refractivity contribution in [3.05, 3.63) is 56.1 Å². The van der Waals surface area contributed by atoms with Gasteiger partial charge in [0.05, 0.1) is 23.9 Å². The van der Waals surface area contributed by atoms with Crippen molar-refractivity contribution in [2.24, 2.45) is 7.05 Å². The van der Waals surface area contributed by atoms with Crippen LogP contribution in [0.25, 0.3) is 21.8 Å². The van der Waals surface area contributed by atoms with Crippen LogP contribution in [0, 0.1) is 6.92 Å². The van der Waals surface area contributed by atoms with Crippen LogP contribution in [-0.4, -0.2) is 32.6 Å². The summed E-state index contributed by atoms with van der Waals surface area (Å²) in [5.74, 6) is -1.83. The number of fused-ring (bicyclic) bond motifs is 2. The summed E-state index contributed by atoms with van der Waals surface area (Å²) in [7, 11) is 1.59. The Morgan fingerprint density at radius 1 is 1.03 bits per heavy atom. The van der Waals surface area contributed by atoms with E-state index in [0.29, 0.717) is 22.9 Å². The molecule has 2 aromatic heterocycles. The predicted octanol–water partition coefficient (Wildman–Crippen LogP) is 1.11. The zero-order chi connectivity index (χ0) is 21.3. The Morgan fingerprint density at radius 3 is 2.41 bits per heavy atom. The van der Waals surface area contributed by atoms with E-state index >= 15 is 0 Å². The highest BCUT2D eigenvalue weighted by Gasteiger charge is 2.15. The van der Waals surface area contributed by atoms with E-state index in [1.54, 1.807) is 26.1 Å². The number of esters is 1. The molecule has 9 heteroatoms. The maximum absolute atomic E-state index is 12.3. The number of hydrogen-bond donors (Lipinski definition) is 1. The predicted molar refractivity (Wildman–Crippen MR) is 105 cm³/mol. The van der Waals surface area contributed by atoms with Gasteiger partial charge in [-0.15, -0.1) is 0 Å². The van der Waals surface area contributed by atoms with Crippen LogP contribution in [0.15, 0.2) is 33.9 Å². The van der Waals surface area contributed by atoms with Crippen LogP contribution in [0.4, 0.5) is 0 Å². The maximum Gasteiger partial charge on any atom is 0.306 e. The van der Waals surface area contributed by atoms with Gasteiger partial charge >= 0.3 is 11.9 Å². The van der Waals surface area contributed by atoms with E-state index in [1.165, 1.54) is 16.7 Å². The number of aliphatic carboxylic acids is 1. The minimum atomic E-state index is -1.12. The van der Waals surface area contributed by atoms with Crippen molar-refractivity contribution in [1.29, 1.82) is 0 Å². The molecule has 0 radical (unpaired) electrons. The first-order valence-corrected chi connectivity index (χ1v) is 8.74. The SMILES string of the molecule is Cc1cc(=O)n(C)c2cc3c(cc12)c(COC(=O)CCC(=O)O)cc(=O)n3C=O. The average molecular weight is 398 g/mol. The van der Waals surface area contributed by atoms with Crippen LogP contribution in [0.3, 0.4) is 0 Å². The quantitative estimate of drug-likeness (QED) is 0.375. The molecular formula is C20H18N2O7. The Morgan fingerprint density at radius 2 is 1.76 bits per heavy atom. The van der Waals surface area contributed by atoms with Gasteiger partial charge in [0.25, 0.3) is 11.1 Å². The lowest BCUT2D eigenvalue weighted by Gasteiger charge is -2.14. The van der Waals surface area contributed by atoms with E-state index in [9.17, 15) is 24.0 Å². The van der Waals surface area contributed by atoms with E-state index in [4.69, 9.17) is 9.84 Å². The molecule has 0 atom stereocenters. The van der Waals surface area contributed by atoms with Gasteiger partial charge in [0.1, 0.15) is 6.61 Å². The van der Waals surface area contributed by atoms with E-state index in [-0.39, 0.29) is 30.5 Å². The Balaban J connectivity index is 2.17. The zero-order valence-corrected chi connectivity index (χ0v) is 15.8. The topological polar surface area (TPSA) is 125 Å². The molecule has 3 rings (SSSR count). The van der Waals surface area contributed by atoms with Crippen LogP contribution in [0.2, 0.25) is 0 Å². The molecule has 0 bridgehead atoms. The van der Waals surface area contributed by atoms with Crippen molar-refractivity contribution < 1.29 is 24.2 Å². The first-order valence-electron chi connectivity index (χ1n) is 8.74. The summed E-state index contributed by atoms with van der Waals surface area (Å²) in [6.45, 7) is 1.52. The lowest BCUT2D eigenvalue weighted by molar-refractivity contribution is -0.148. The van der Waals surface area contributed by atoms with Crippen molar-refractivity contribution in [3.8, 4) is 0 Å². The molecule has 2 heterocycles. The van der Waals surface area contributed by atoms with Crippen molar-refractivity contribution in [2.45, 2.75) is 26.4 Å². The molecule has 0 saturated heterocycles. The summed E-state index contributed by atoms with van der Waals surface area (Å²) >= 11 is 0. The maximum atomic E-state index is 12.3. The van der Waals surface area contributed by atoms with Crippen LogP contribution >= 0.6 is 0 Å².